The summed E-state index contributed by atoms with van der Waals surface area (Å²) in [6, 6.07) is 16.2. The van der Waals surface area contributed by atoms with Gasteiger partial charge in [0.2, 0.25) is 10.0 Å². The quantitative estimate of drug-likeness (QED) is 0.516. The fourth-order valence-electron chi connectivity index (χ4n) is 3.50. The number of sulfonamides is 1. The second-order valence-electron chi connectivity index (χ2n) is 6.89. The number of fused-ring (bicyclic) bond motifs is 2. The van der Waals surface area contributed by atoms with E-state index in [1.54, 1.807) is 24.4 Å². The maximum atomic E-state index is 13.1. The minimum Gasteiger partial charge on any atom is -0.339 e. The first-order valence-corrected chi connectivity index (χ1v) is 11.0. The molecular weight excluding hydrogens is 422 g/mol. The molecule has 30 heavy (non-hydrogen) atoms. The van der Waals surface area contributed by atoms with E-state index in [0.29, 0.717) is 11.5 Å². The highest BCUT2D eigenvalue weighted by Gasteiger charge is 2.34. The lowest BCUT2D eigenvalue weighted by Crippen LogP contribution is -2.26. The van der Waals surface area contributed by atoms with Crippen molar-refractivity contribution in [2.24, 2.45) is 0 Å². The Bertz CT molecular complexity index is 1380. The van der Waals surface area contributed by atoms with Crippen LogP contribution in [-0.2, 0) is 23.1 Å². The van der Waals surface area contributed by atoms with Gasteiger partial charge in [-0.1, -0.05) is 41.9 Å². The normalized spacial score (nSPS) is 14.0. The Balaban J connectivity index is 1.46. The number of anilines is 2. The largest absolute Gasteiger partial charge is 0.339 e. The van der Waals surface area contributed by atoms with Gasteiger partial charge >= 0.3 is 0 Å². The molecule has 0 radical (unpaired) electrons. The average Bonchev–Trinajstić information content (AvgIpc) is 3.20. The monoisotopic (exact) mass is 437 g/mol. The van der Waals surface area contributed by atoms with Crippen LogP contribution in [0.15, 0.2) is 72.0 Å². The molecule has 0 amide bonds. The summed E-state index contributed by atoms with van der Waals surface area (Å²) in [6.07, 6.45) is 3.16. The molecule has 0 aliphatic carbocycles. The first-order chi connectivity index (χ1) is 14.5. The van der Waals surface area contributed by atoms with Gasteiger partial charge in [-0.3, -0.25) is 4.98 Å². The molecule has 0 saturated carbocycles. The highest BCUT2D eigenvalue weighted by Crippen LogP contribution is 2.34. The van der Waals surface area contributed by atoms with Gasteiger partial charge in [0.1, 0.15) is 17.0 Å². The Labute approximate surface area is 178 Å². The molecule has 9 heteroatoms. The first kappa shape index (κ1) is 18.9. The SMILES string of the molecule is O=S(=O)(c1ccccc1Cl)N1Cc2ncnc(Nc3cnc4ccccc4c3)c2C1. The van der Waals surface area contributed by atoms with E-state index in [2.05, 4.69) is 20.3 Å². The van der Waals surface area contributed by atoms with Gasteiger partial charge < -0.3 is 5.32 Å². The van der Waals surface area contributed by atoms with E-state index < -0.39 is 10.0 Å². The van der Waals surface area contributed by atoms with Crippen molar-refractivity contribution in [1.29, 1.82) is 0 Å². The van der Waals surface area contributed by atoms with Crippen LogP contribution in [-0.4, -0.2) is 27.7 Å². The lowest BCUT2D eigenvalue weighted by molar-refractivity contribution is 0.430. The number of para-hydroxylation sites is 1. The number of pyridine rings is 1. The fraction of sp³-hybridized carbons (Fsp3) is 0.0952. The van der Waals surface area contributed by atoms with Crippen LogP contribution in [0.1, 0.15) is 11.3 Å². The van der Waals surface area contributed by atoms with Crippen LogP contribution in [0.3, 0.4) is 0 Å². The second kappa shape index (κ2) is 7.32. The molecular formula is C21H16ClN5O2S. The van der Waals surface area contributed by atoms with Crippen molar-refractivity contribution < 1.29 is 8.42 Å². The summed E-state index contributed by atoms with van der Waals surface area (Å²) in [5.41, 5.74) is 3.06. The van der Waals surface area contributed by atoms with Gasteiger partial charge in [0, 0.05) is 17.5 Å². The molecule has 2 aromatic heterocycles. The summed E-state index contributed by atoms with van der Waals surface area (Å²) >= 11 is 6.13. The molecule has 0 saturated heterocycles. The molecule has 1 aliphatic heterocycles. The second-order valence-corrected chi connectivity index (χ2v) is 9.21. The van der Waals surface area contributed by atoms with Crippen LogP contribution in [0.2, 0.25) is 5.02 Å². The summed E-state index contributed by atoms with van der Waals surface area (Å²) in [6.45, 7) is 0.323. The van der Waals surface area contributed by atoms with Crippen LogP contribution >= 0.6 is 11.6 Å². The molecule has 0 unspecified atom stereocenters. The molecule has 0 spiro atoms. The van der Waals surface area contributed by atoms with Crippen molar-refractivity contribution in [3.63, 3.8) is 0 Å². The Kier molecular flexibility index (Phi) is 4.62. The number of nitrogens with one attached hydrogen (secondary N) is 1. The summed E-state index contributed by atoms with van der Waals surface area (Å²) in [7, 11) is -3.76. The third kappa shape index (κ3) is 3.28. The summed E-state index contributed by atoms with van der Waals surface area (Å²) < 4.78 is 27.6. The van der Waals surface area contributed by atoms with E-state index in [1.165, 1.54) is 16.7 Å². The van der Waals surface area contributed by atoms with Crippen LogP contribution in [0.5, 0.6) is 0 Å². The maximum absolute atomic E-state index is 13.1. The number of rotatable bonds is 4. The lowest BCUT2D eigenvalue weighted by Gasteiger charge is -2.16. The van der Waals surface area contributed by atoms with Crippen molar-refractivity contribution in [2.45, 2.75) is 18.0 Å². The standard InChI is InChI=1S/C21H16ClN5O2S/c22-17-6-2-4-8-20(17)30(28,29)27-11-16-19(12-27)24-13-25-21(16)26-15-9-14-5-1-3-7-18(14)23-10-15/h1-10,13H,11-12H2,(H,24,25,26). The van der Waals surface area contributed by atoms with Crippen LogP contribution in [0, 0.1) is 0 Å². The van der Waals surface area contributed by atoms with Gasteiger partial charge in [-0.15, -0.1) is 0 Å². The molecule has 7 nitrogen and oxygen atoms in total. The number of aromatic nitrogens is 3. The zero-order valence-corrected chi connectivity index (χ0v) is 17.2. The van der Waals surface area contributed by atoms with E-state index in [9.17, 15) is 8.42 Å². The molecule has 1 N–H and O–H groups in total. The molecule has 0 fully saturated rings. The maximum Gasteiger partial charge on any atom is 0.245 e. The number of hydrogen-bond donors (Lipinski definition) is 1. The topological polar surface area (TPSA) is 88.1 Å². The van der Waals surface area contributed by atoms with Crippen molar-refractivity contribution in [1.82, 2.24) is 19.3 Å². The van der Waals surface area contributed by atoms with Gasteiger partial charge in [-0.25, -0.2) is 18.4 Å². The summed E-state index contributed by atoms with van der Waals surface area (Å²) in [4.78, 5) is 13.2. The first-order valence-electron chi connectivity index (χ1n) is 9.21. The summed E-state index contributed by atoms with van der Waals surface area (Å²) in [5, 5.41) is 4.45. The van der Waals surface area contributed by atoms with Crippen LogP contribution in [0.4, 0.5) is 11.5 Å². The van der Waals surface area contributed by atoms with Gasteiger partial charge in [0.15, 0.2) is 0 Å². The smallest absolute Gasteiger partial charge is 0.245 e. The van der Waals surface area contributed by atoms with E-state index in [0.717, 1.165) is 22.2 Å². The third-order valence-corrected chi connectivity index (χ3v) is 7.29. The highest BCUT2D eigenvalue weighted by molar-refractivity contribution is 7.89. The minimum atomic E-state index is -3.76. The van der Waals surface area contributed by atoms with E-state index in [1.807, 2.05) is 30.3 Å². The molecule has 2 aromatic carbocycles. The van der Waals surface area contributed by atoms with Crippen molar-refractivity contribution in [2.75, 3.05) is 5.32 Å². The number of hydrogen-bond acceptors (Lipinski definition) is 6. The zero-order chi connectivity index (χ0) is 20.7. The van der Waals surface area contributed by atoms with Crippen molar-refractivity contribution >= 4 is 44.0 Å². The molecule has 4 aromatic rings. The van der Waals surface area contributed by atoms with E-state index >= 15 is 0 Å². The van der Waals surface area contributed by atoms with Crippen molar-refractivity contribution in [3.05, 3.63) is 83.4 Å². The Morgan fingerprint density at radius 2 is 1.77 bits per heavy atom. The van der Waals surface area contributed by atoms with Crippen LogP contribution < -0.4 is 5.32 Å². The van der Waals surface area contributed by atoms with Gasteiger partial charge in [0.25, 0.3) is 0 Å². The Hall–Kier alpha value is -3.07. The molecule has 5 rings (SSSR count). The Morgan fingerprint density at radius 1 is 0.967 bits per heavy atom. The highest BCUT2D eigenvalue weighted by atomic mass is 35.5. The van der Waals surface area contributed by atoms with Gasteiger partial charge in [-0.2, -0.15) is 4.31 Å². The lowest BCUT2D eigenvalue weighted by atomic mass is 10.2. The number of nitrogens with zero attached hydrogens (tertiary/aromatic N) is 4. The zero-order valence-electron chi connectivity index (χ0n) is 15.7. The predicted octanol–water partition coefficient (Wildman–Crippen LogP) is 4.13. The summed E-state index contributed by atoms with van der Waals surface area (Å²) in [5.74, 6) is 0.564. The molecule has 3 heterocycles. The minimum absolute atomic E-state index is 0.0840. The third-order valence-electron chi connectivity index (χ3n) is 5.00. The van der Waals surface area contributed by atoms with E-state index in [4.69, 9.17) is 11.6 Å². The molecule has 0 bridgehead atoms. The number of benzene rings is 2. The van der Waals surface area contributed by atoms with Crippen molar-refractivity contribution in [3.8, 4) is 0 Å². The number of halogens is 1. The average molecular weight is 438 g/mol. The van der Waals surface area contributed by atoms with E-state index in [-0.39, 0.29) is 23.0 Å². The fourth-order valence-corrected chi connectivity index (χ4v) is 5.36. The molecule has 0 atom stereocenters. The van der Waals surface area contributed by atoms with Gasteiger partial charge in [0.05, 0.1) is 34.7 Å². The molecule has 1 aliphatic rings. The predicted molar refractivity (Wildman–Crippen MR) is 115 cm³/mol. The molecule has 150 valence electrons. The van der Waals surface area contributed by atoms with Gasteiger partial charge in [-0.05, 0) is 24.3 Å². The Morgan fingerprint density at radius 3 is 2.63 bits per heavy atom. The van der Waals surface area contributed by atoms with Crippen LogP contribution in [0.25, 0.3) is 10.9 Å².